The zero-order valence-corrected chi connectivity index (χ0v) is 22.6. The van der Waals surface area contributed by atoms with E-state index >= 15 is 0 Å². The number of carboxylic acid groups (broad SMARTS) is 1. The Hall–Kier alpha value is -4.61. The van der Waals surface area contributed by atoms with Crippen molar-refractivity contribution in [2.24, 2.45) is 4.99 Å². The highest BCUT2D eigenvalue weighted by Gasteiger charge is 2.38. The number of fused-ring (bicyclic) bond motifs is 1. The molecule has 0 aromatic heterocycles. The van der Waals surface area contributed by atoms with Crippen LogP contribution in [0.2, 0.25) is 0 Å². The molecule has 1 saturated heterocycles. The van der Waals surface area contributed by atoms with Crippen molar-refractivity contribution in [1.29, 1.82) is 0 Å². The summed E-state index contributed by atoms with van der Waals surface area (Å²) in [5.74, 6) is -1.82. The van der Waals surface area contributed by atoms with Gasteiger partial charge < -0.3 is 24.5 Å². The number of aliphatic carboxylic acids is 1. The van der Waals surface area contributed by atoms with Crippen LogP contribution in [-0.4, -0.2) is 60.7 Å². The highest BCUT2D eigenvalue weighted by atomic mass is 19.4. The maximum absolute atomic E-state index is 13.7. The van der Waals surface area contributed by atoms with E-state index in [1.165, 1.54) is 41.3 Å². The zero-order valence-electron chi connectivity index (χ0n) is 22.6. The van der Waals surface area contributed by atoms with E-state index in [1.54, 1.807) is 25.1 Å². The summed E-state index contributed by atoms with van der Waals surface area (Å²) in [5.41, 5.74) is 1.03. The Kier molecular flexibility index (Phi) is 8.06. The topological polar surface area (TPSA) is 85.7 Å². The summed E-state index contributed by atoms with van der Waals surface area (Å²) in [4.78, 5) is 34.9. The maximum Gasteiger partial charge on any atom is 0.416 e. The number of guanidine groups is 1. The Morgan fingerprint density at radius 3 is 2.29 bits per heavy atom. The number of carbonyl (C=O) groups is 2. The number of rotatable bonds is 6. The minimum Gasteiger partial charge on any atom is -0.481 e. The van der Waals surface area contributed by atoms with Crippen molar-refractivity contribution in [3.05, 3.63) is 89.2 Å². The number of anilines is 2. The number of alkyl halides is 3. The molecule has 2 heterocycles. The van der Waals surface area contributed by atoms with Crippen molar-refractivity contribution in [3.63, 3.8) is 0 Å². The maximum atomic E-state index is 13.7. The number of hydrogen-bond acceptors (Lipinski definition) is 7. The molecular formula is C30H28F4N4O4. The summed E-state index contributed by atoms with van der Waals surface area (Å²) in [6, 6.07) is 14.4. The van der Waals surface area contributed by atoms with Gasteiger partial charge in [-0.05, 0) is 67.6 Å². The Labute approximate surface area is 239 Å². The number of halogens is 4. The fraction of sp³-hybridized carbons (Fsp3) is 0.300. The van der Waals surface area contributed by atoms with Gasteiger partial charge in [0.2, 0.25) is 5.96 Å². The minimum atomic E-state index is -4.62. The molecule has 0 spiro atoms. The molecule has 0 amide bonds. The summed E-state index contributed by atoms with van der Waals surface area (Å²) in [6.45, 7) is 3.66. The van der Waals surface area contributed by atoms with E-state index in [4.69, 9.17) is 9.73 Å². The van der Waals surface area contributed by atoms with Crippen LogP contribution in [0.25, 0.3) is 0 Å². The molecule has 2 aliphatic heterocycles. The standard InChI is InChI=1S/C30H28F4N4O4/c1-2-42-28(41)19-6-11-25-24(16-19)26(18-27(39)40)38(23-5-3-4-20(17-23)30(32,33)34)29(35-25)37-14-12-36(13-15-37)22-9-7-21(31)8-10-22/h3-11,16-17,26H,2,12-15,18H2,1H3,(H,39,40). The van der Waals surface area contributed by atoms with Crippen LogP contribution < -0.4 is 9.80 Å². The van der Waals surface area contributed by atoms with Crippen LogP contribution in [0, 0.1) is 5.82 Å². The summed E-state index contributed by atoms with van der Waals surface area (Å²) in [7, 11) is 0. The van der Waals surface area contributed by atoms with Crippen LogP contribution in [0.15, 0.2) is 71.7 Å². The Bertz CT molecular complexity index is 1500. The molecule has 1 fully saturated rings. The van der Waals surface area contributed by atoms with E-state index in [9.17, 15) is 32.3 Å². The van der Waals surface area contributed by atoms with Gasteiger partial charge in [-0.2, -0.15) is 13.2 Å². The molecule has 3 aromatic rings. The monoisotopic (exact) mass is 584 g/mol. The van der Waals surface area contributed by atoms with Gasteiger partial charge in [-0.25, -0.2) is 14.2 Å². The quantitative estimate of drug-likeness (QED) is 0.287. The van der Waals surface area contributed by atoms with Gasteiger partial charge in [0.1, 0.15) is 5.82 Å². The number of piperazine rings is 1. The molecular weight excluding hydrogens is 556 g/mol. The molecule has 3 aromatic carbocycles. The average Bonchev–Trinajstić information content (AvgIpc) is 2.97. The average molecular weight is 585 g/mol. The van der Waals surface area contributed by atoms with Gasteiger partial charge in [0.15, 0.2) is 0 Å². The SMILES string of the molecule is CCOC(=O)c1ccc2c(c1)C(CC(=O)O)N(c1cccc(C(F)(F)F)c1)C(N1CCN(c3ccc(F)cc3)CC1)=N2. The lowest BCUT2D eigenvalue weighted by molar-refractivity contribution is -0.138. The summed E-state index contributed by atoms with van der Waals surface area (Å²) in [6.07, 6.45) is -5.09. The number of carbonyl (C=O) groups excluding carboxylic acids is 1. The normalized spacial score (nSPS) is 17.0. The Morgan fingerprint density at radius 1 is 0.952 bits per heavy atom. The van der Waals surface area contributed by atoms with Crippen molar-refractivity contribution in [3.8, 4) is 0 Å². The third-order valence-electron chi connectivity index (χ3n) is 7.22. The first-order chi connectivity index (χ1) is 20.0. The molecule has 0 bridgehead atoms. The largest absolute Gasteiger partial charge is 0.481 e. The third kappa shape index (κ3) is 6.02. The lowest BCUT2D eigenvalue weighted by atomic mass is 9.95. The van der Waals surface area contributed by atoms with Crippen molar-refractivity contribution in [1.82, 2.24) is 4.90 Å². The van der Waals surface area contributed by atoms with Gasteiger partial charge in [0.25, 0.3) is 0 Å². The Morgan fingerprint density at radius 2 is 1.64 bits per heavy atom. The molecule has 2 aliphatic rings. The van der Waals surface area contributed by atoms with E-state index in [1.807, 2.05) is 4.90 Å². The second-order valence-corrected chi connectivity index (χ2v) is 9.89. The molecule has 42 heavy (non-hydrogen) atoms. The first-order valence-electron chi connectivity index (χ1n) is 13.4. The first kappa shape index (κ1) is 28.9. The van der Waals surface area contributed by atoms with Crippen LogP contribution in [0.1, 0.15) is 40.9 Å². The zero-order chi connectivity index (χ0) is 30.0. The van der Waals surface area contributed by atoms with Crippen molar-refractivity contribution < 1.29 is 37.0 Å². The lowest BCUT2D eigenvalue weighted by Crippen LogP contribution is -2.55. The fourth-order valence-electron chi connectivity index (χ4n) is 5.24. The molecule has 1 N–H and O–H groups in total. The highest BCUT2D eigenvalue weighted by Crippen LogP contribution is 2.42. The lowest BCUT2D eigenvalue weighted by Gasteiger charge is -2.45. The van der Waals surface area contributed by atoms with Crippen LogP contribution in [0.4, 0.5) is 34.6 Å². The van der Waals surface area contributed by atoms with Crippen LogP contribution in [0.3, 0.4) is 0 Å². The second kappa shape index (κ2) is 11.7. The van der Waals surface area contributed by atoms with Crippen LogP contribution in [-0.2, 0) is 15.7 Å². The Balaban J connectivity index is 1.58. The number of hydrogen-bond donors (Lipinski definition) is 1. The van der Waals surface area contributed by atoms with E-state index in [0.717, 1.165) is 17.8 Å². The van der Waals surface area contributed by atoms with Gasteiger partial charge in [0.05, 0.1) is 35.9 Å². The predicted octanol–water partition coefficient (Wildman–Crippen LogP) is 5.87. The number of ether oxygens (including phenoxy) is 1. The van der Waals surface area contributed by atoms with Gasteiger partial charge >= 0.3 is 18.1 Å². The number of aliphatic imine (C=N–C) groups is 1. The van der Waals surface area contributed by atoms with Crippen molar-refractivity contribution in [2.75, 3.05) is 42.6 Å². The van der Waals surface area contributed by atoms with Crippen molar-refractivity contribution in [2.45, 2.75) is 25.6 Å². The molecule has 0 saturated carbocycles. The van der Waals surface area contributed by atoms with Gasteiger partial charge in [-0.15, -0.1) is 0 Å². The molecule has 5 rings (SSSR count). The third-order valence-corrected chi connectivity index (χ3v) is 7.22. The van der Waals surface area contributed by atoms with Crippen LogP contribution in [0.5, 0.6) is 0 Å². The number of carboxylic acids is 1. The number of esters is 1. The molecule has 1 unspecified atom stereocenters. The first-order valence-corrected chi connectivity index (χ1v) is 13.4. The van der Waals surface area contributed by atoms with Crippen molar-refractivity contribution >= 4 is 35.0 Å². The fourth-order valence-corrected chi connectivity index (χ4v) is 5.24. The molecule has 8 nitrogen and oxygen atoms in total. The summed E-state index contributed by atoms with van der Waals surface area (Å²) >= 11 is 0. The van der Waals surface area contributed by atoms with E-state index in [-0.39, 0.29) is 23.7 Å². The summed E-state index contributed by atoms with van der Waals surface area (Å²) in [5, 5.41) is 9.89. The molecule has 1 atom stereocenters. The summed E-state index contributed by atoms with van der Waals surface area (Å²) < 4.78 is 59.8. The van der Waals surface area contributed by atoms with Gasteiger partial charge in [-0.1, -0.05) is 6.07 Å². The van der Waals surface area contributed by atoms with E-state index in [2.05, 4.69) is 4.90 Å². The van der Waals surface area contributed by atoms with Gasteiger partial charge in [-0.3, -0.25) is 4.79 Å². The predicted molar refractivity (Wildman–Crippen MR) is 149 cm³/mol. The molecule has 12 heteroatoms. The van der Waals surface area contributed by atoms with Crippen LogP contribution >= 0.6 is 0 Å². The second-order valence-electron chi connectivity index (χ2n) is 9.89. The van der Waals surface area contributed by atoms with Gasteiger partial charge in [0, 0.05) is 43.1 Å². The highest BCUT2D eigenvalue weighted by molar-refractivity contribution is 6.02. The van der Waals surface area contributed by atoms with E-state index in [0.29, 0.717) is 43.4 Å². The molecule has 0 radical (unpaired) electrons. The minimum absolute atomic E-state index is 0.114. The smallest absolute Gasteiger partial charge is 0.416 e. The number of nitrogens with zero attached hydrogens (tertiary/aromatic N) is 4. The van der Waals surface area contributed by atoms with E-state index < -0.39 is 36.1 Å². The number of benzene rings is 3. The molecule has 0 aliphatic carbocycles. The molecule has 220 valence electrons.